The molecule has 5 heteroatoms. The molecule has 0 fully saturated rings. The zero-order valence-electron chi connectivity index (χ0n) is 10.4. The molecule has 1 aliphatic heterocycles. The van der Waals surface area contributed by atoms with Crippen molar-refractivity contribution in [2.75, 3.05) is 6.54 Å². The minimum absolute atomic E-state index is 0.199. The SMILES string of the molecule is CC1=NOC(C)(CNC(=O)c2ccccc2Cl)C1. The lowest BCUT2D eigenvalue weighted by Crippen LogP contribution is -2.40. The summed E-state index contributed by atoms with van der Waals surface area (Å²) in [6.45, 7) is 4.22. The standard InChI is InChI=1S/C13H15ClN2O2/c1-9-7-13(2,18-16-9)8-15-12(17)10-5-3-4-6-11(10)14/h3-6H,7-8H2,1-2H3,(H,15,17). The molecule has 0 radical (unpaired) electrons. The van der Waals surface area contributed by atoms with Crippen molar-refractivity contribution in [2.24, 2.45) is 5.16 Å². The first kappa shape index (κ1) is 12.9. The number of carbonyl (C=O) groups excluding carboxylic acids is 1. The van der Waals surface area contributed by atoms with Gasteiger partial charge in [-0.05, 0) is 26.0 Å². The van der Waals surface area contributed by atoms with Gasteiger partial charge in [0.15, 0.2) is 5.60 Å². The van der Waals surface area contributed by atoms with Gasteiger partial charge in [-0.25, -0.2) is 0 Å². The first-order valence-electron chi connectivity index (χ1n) is 5.74. The number of carbonyl (C=O) groups is 1. The van der Waals surface area contributed by atoms with Crippen LogP contribution in [0.1, 0.15) is 30.6 Å². The van der Waals surface area contributed by atoms with Crippen molar-refractivity contribution in [2.45, 2.75) is 25.9 Å². The first-order valence-corrected chi connectivity index (χ1v) is 6.12. The fourth-order valence-corrected chi connectivity index (χ4v) is 2.12. The molecule has 0 aliphatic carbocycles. The van der Waals surface area contributed by atoms with Gasteiger partial charge in [0.1, 0.15) is 0 Å². The van der Waals surface area contributed by atoms with Gasteiger partial charge in [-0.2, -0.15) is 0 Å². The lowest BCUT2D eigenvalue weighted by Gasteiger charge is -2.21. The van der Waals surface area contributed by atoms with Crippen molar-refractivity contribution in [3.63, 3.8) is 0 Å². The lowest BCUT2D eigenvalue weighted by molar-refractivity contribution is -0.00181. The molecule has 4 nitrogen and oxygen atoms in total. The maximum absolute atomic E-state index is 12.0. The summed E-state index contributed by atoms with van der Waals surface area (Å²) in [5, 5.41) is 7.16. The van der Waals surface area contributed by atoms with Crippen LogP contribution >= 0.6 is 11.6 Å². The fourth-order valence-electron chi connectivity index (χ4n) is 1.90. The molecular weight excluding hydrogens is 252 g/mol. The van der Waals surface area contributed by atoms with Crippen molar-refractivity contribution in [1.29, 1.82) is 0 Å². The van der Waals surface area contributed by atoms with E-state index in [0.29, 0.717) is 17.1 Å². The van der Waals surface area contributed by atoms with E-state index in [1.165, 1.54) is 0 Å². The average molecular weight is 267 g/mol. The van der Waals surface area contributed by atoms with E-state index in [9.17, 15) is 4.79 Å². The van der Waals surface area contributed by atoms with E-state index >= 15 is 0 Å². The van der Waals surface area contributed by atoms with Gasteiger partial charge < -0.3 is 10.2 Å². The smallest absolute Gasteiger partial charge is 0.252 e. The summed E-state index contributed by atoms with van der Waals surface area (Å²) in [6, 6.07) is 6.95. The third kappa shape index (κ3) is 2.82. The molecule has 0 spiro atoms. The van der Waals surface area contributed by atoms with E-state index in [-0.39, 0.29) is 5.91 Å². The summed E-state index contributed by atoms with van der Waals surface area (Å²) in [5.41, 5.74) is 0.948. The van der Waals surface area contributed by atoms with Gasteiger partial charge in [0.25, 0.3) is 5.91 Å². The molecular formula is C13H15ClN2O2. The minimum atomic E-state index is -0.457. The second-order valence-corrected chi connectivity index (χ2v) is 5.11. The normalized spacial score (nSPS) is 22.3. The monoisotopic (exact) mass is 266 g/mol. The van der Waals surface area contributed by atoms with Crippen molar-refractivity contribution in [3.8, 4) is 0 Å². The van der Waals surface area contributed by atoms with E-state index < -0.39 is 5.60 Å². The molecule has 1 aromatic carbocycles. The Bertz CT molecular complexity index is 502. The van der Waals surface area contributed by atoms with Crippen LogP contribution in [0.25, 0.3) is 0 Å². The third-order valence-corrected chi connectivity index (χ3v) is 3.12. The van der Waals surface area contributed by atoms with Gasteiger partial charge in [-0.15, -0.1) is 0 Å². The van der Waals surface area contributed by atoms with Crippen LogP contribution in [0, 0.1) is 0 Å². The number of nitrogens with one attached hydrogen (secondary N) is 1. The van der Waals surface area contributed by atoms with Crippen LogP contribution in [0.4, 0.5) is 0 Å². The summed E-state index contributed by atoms with van der Waals surface area (Å²) in [4.78, 5) is 17.3. The van der Waals surface area contributed by atoms with Crippen LogP contribution in [0.3, 0.4) is 0 Å². The van der Waals surface area contributed by atoms with E-state index in [4.69, 9.17) is 16.4 Å². The number of oxime groups is 1. The number of nitrogens with zero attached hydrogens (tertiary/aromatic N) is 1. The third-order valence-electron chi connectivity index (χ3n) is 2.79. The van der Waals surface area contributed by atoms with Gasteiger partial charge >= 0.3 is 0 Å². The van der Waals surface area contributed by atoms with Crippen LogP contribution in [0.5, 0.6) is 0 Å². The average Bonchev–Trinajstić information content (AvgIpc) is 2.68. The zero-order valence-corrected chi connectivity index (χ0v) is 11.1. The Labute approximate surface area is 111 Å². The second-order valence-electron chi connectivity index (χ2n) is 4.71. The second kappa shape index (κ2) is 4.98. The van der Waals surface area contributed by atoms with Crippen molar-refractivity contribution < 1.29 is 9.63 Å². The molecule has 1 heterocycles. The Morgan fingerprint density at radius 1 is 1.56 bits per heavy atom. The van der Waals surface area contributed by atoms with Crippen LogP contribution in [-0.4, -0.2) is 23.8 Å². The highest BCUT2D eigenvalue weighted by molar-refractivity contribution is 6.33. The van der Waals surface area contributed by atoms with Gasteiger partial charge in [0, 0.05) is 6.42 Å². The van der Waals surface area contributed by atoms with Crippen LogP contribution in [0.2, 0.25) is 5.02 Å². The molecule has 18 heavy (non-hydrogen) atoms. The molecule has 0 bridgehead atoms. The topological polar surface area (TPSA) is 50.7 Å². The highest BCUT2D eigenvalue weighted by Gasteiger charge is 2.33. The fraction of sp³-hybridized carbons (Fsp3) is 0.385. The summed E-state index contributed by atoms with van der Waals surface area (Å²) < 4.78 is 0. The van der Waals surface area contributed by atoms with E-state index in [1.807, 2.05) is 13.8 Å². The van der Waals surface area contributed by atoms with E-state index in [1.54, 1.807) is 24.3 Å². The first-order chi connectivity index (χ1) is 8.50. The highest BCUT2D eigenvalue weighted by Crippen LogP contribution is 2.22. The van der Waals surface area contributed by atoms with Gasteiger partial charge in [-0.1, -0.05) is 28.9 Å². The van der Waals surface area contributed by atoms with Crippen LogP contribution in [-0.2, 0) is 4.84 Å². The minimum Gasteiger partial charge on any atom is -0.387 e. The lowest BCUT2D eigenvalue weighted by atomic mass is 10.0. The molecule has 1 aliphatic rings. The number of amides is 1. The quantitative estimate of drug-likeness (QED) is 0.914. The van der Waals surface area contributed by atoms with Gasteiger partial charge in [0.05, 0.1) is 22.8 Å². The molecule has 2 rings (SSSR count). The number of halogens is 1. The summed E-state index contributed by atoms with van der Waals surface area (Å²) in [7, 11) is 0. The van der Waals surface area contributed by atoms with Crippen molar-refractivity contribution in [3.05, 3.63) is 34.9 Å². The predicted molar refractivity (Wildman–Crippen MR) is 71.0 cm³/mol. The molecule has 0 saturated heterocycles. The predicted octanol–water partition coefficient (Wildman–Crippen LogP) is 2.62. The Morgan fingerprint density at radius 2 is 2.28 bits per heavy atom. The largest absolute Gasteiger partial charge is 0.387 e. The molecule has 1 amide bonds. The van der Waals surface area contributed by atoms with E-state index in [2.05, 4.69) is 10.5 Å². The summed E-state index contributed by atoms with van der Waals surface area (Å²) in [6.07, 6.45) is 0.718. The van der Waals surface area contributed by atoms with Crippen LogP contribution in [0.15, 0.2) is 29.4 Å². The Hall–Kier alpha value is -1.55. The van der Waals surface area contributed by atoms with Gasteiger partial charge in [-0.3, -0.25) is 4.79 Å². The molecule has 0 aromatic heterocycles. The number of hydrogen-bond acceptors (Lipinski definition) is 3. The Kier molecular flexibility index (Phi) is 3.57. The molecule has 96 valence electrons. The van der Waals surface area contributed by atoms with Gasteiger partial charge in [0.2, 0.25) is 0 Å². The molecule has 1 aromatic rings. The number of rotatable bonds is 3. The molecule has 0 saturated carbocycles. The summed E-state index contributed by atoms with van der Waals surface area (Å²) >= 11 is 5.96. The van der Waals surface area contributed by atoms with Crippen molar-refractivity contribution in [1.82, 2.24) is 5.32 Å². The number of benzene rings is 1. The van der Waals surface area contributed by atoms with Crippen LogP contribution < -0.4 is 5.32 Å². The Balaban J connectivity index is 1.96. The molecule has 1 N–H and O–H groups in total. The highest BCUT2D eigenvalue weighted by atomic mass is 35.5. The summed E-state index contributed by atoms with van der Waals surface area (Å²) in [5.74, 6) is -0.199. The van der Waals surface area contributed by atoms with Crippen molar-refractivity contribution >= 4 is 23.2 Å². The zero-order chi connectivity index (χ0) is 13.2. The number of hydrogen-bond donors (Lipinski definition) is 1. The molecule has 1 atom stereocenters. The maximum Gasteiger partial charge on any atom is 0.252 e. The molecule has 1 unspecified atom stereocenters. The Morgan fingerprint density at radius 3 is 2.89 bits per heavy atom. The van der Waals surface area contributed by atoms with E-state index in [0.717, 1.165) is 12.1 Å². The maximum atomic E-state index is 12.0.